The van der Waals surface area contributed by atoms with Gasteiger partial charge in [0.15, 0.2) is 11.3 Å². The summed E-state index contributed by atoms with van der Waals surface area (Å²) >= 11 is 0. The number of carbonyl (C=O) groups excluding carboxylic acids is 1. The summed E-state index contributed by atoms with van der Waals surface area (Å²) in [6, 6.07) is 8.66. The number of benzene rings is 1. The molecule has 1 amide bonds. The van der Waals surface area contributed by atoms with E-state index in [0.717, 1.165) is 16.7 Å². The molecule has 0 aliphatic carbocycles. The quantitative estimate of drug-likeness (QED) is 0.581. The first kappa shape index (κ1) is 15.0. The third-order valence-electron chi connectivity index (χ3n) is 4.03. The average molecular weight is 334 g/mol. The second kappa shape index (κ2) is 5.52. The minimum absolute atomic E-state index is 0.151. The summed E-state index contributed by atoms with van der Waals surface area (Å²) in [6.45, 7) is 1.88. The second-order valence-corrected chi connectivity index (χ2v) is 5.71. The Bertz CT molecular complexity index is 1190. The van der Waals surface area contributed by atoms with Crippen LogP contribution in [-0.4, -0.2) is 30.9 Å². The van der Waals surface area contributed by atoms with Crippen molar-refractivity contribution in [1.29, 1.82) is 0 Å². The lowest BCUT2D eigenvalue weighted by Gasteiger charge is -2.07. The molecule has 4 aromatic rings. The molecule has 0 saturated heterocycles. The largest absolute Gasteiger partial charge is 0.319 e. The van der Waals surface area contributed by atoms with Gasteiger partial charge in [0.1, 0.15) is 0 Å². The van der Waals surface area contributed by atoms with Gasteiger partial charge in [-0.15, -0.1) is 0 Å². The molecule has 8 nitrogen and oxygen atoms in total. The van der Waals surface area contributed by atoms with Crippen molar-refractivity contribution in [3.8, 4) is 0 Å². The number of hydrogen-bond acceptors (Lipinski definition) is 5. The Morgan fingerprint density at radius 2 is 1.96 bits per heavy atom. The van der Waals surface area contributed by atoms with Crippen LogP contribution < -0.4 is 10.9 Å². The Hall–Kier alpha value is -3.55. The molecule has 0 fully saturated rings. The molecule has 0 radical (unpaired) electrons. The number of nitrogens with one attached hydrogen (secondary N) is 2. The van der Waals surface area contributed by atoms with Crippen molar-refractivity contribution in [1.82, 2.24) is 25.0 Å². The maximum Gasteiger partial charge on any atom is 0.276 e. The number of fused-ring (bicyclic) bond motifs is 2. The smallest absolute Gasteiger partial charge is 0.276 e. The number of amides is 1. The number of nitrogens with zero attached hydrogens (tertiary/aromatic N) is 4. The van der Waals surface area contributed by atoms with E-state index in [0.29, 0.717) is 16.5 Å². The van der Waals surface area contributed by atoms with Crippen LogP contribution in [0.1, 0.15) is 16.2 Å². The predicted octanol–water partition coefficient (Wildman–Crippen LogP) is 1.77. The first-order chi connectivity index (χ1) is 12.0. The summed E-state index contributed by atoms with van der Waals surface area (Å²) < 4.78 is 1.69. The summed E-state index contributed by atoms with van der Waals surface area (Å²) in [6.07, 6.45) is 1.56. The number of aromatic nitrogens is 5. The maximum absolute atomic E-state index is 12.6. The van der Waals surface area contributed by atoms with Crippen LogP contribution in [0.2, 0.25) is 0 Å². The van der Waals surface area contributed by atoms with Gasteiger partial charge in [0.2, 0.25) is 0 Å². The first-order valence-electron chi connectivity index (χ1n) is 7.63. The van der Waals surface area contributed by atoms with Crippen LogP contribution >= 0.6 is 0 Å². The van der Waals surface area contributed by atoms with E-state index in [1.54, 1.807) is 35.1 Å². The van der Waals surface area contributed by atoms with Gasteiger partial charge in [-0.2, -0.15) is 10.2 Å². The number of H-pyrrole nitrogens is 1. The fraction of sp³-hybridized carbons (Fsp3) is 0.118. The predicted molar refractivity (Wildman–Crippen MR) is 93.6 cm³/mol. The van der Waals surface area contributed by atoms with Crippen molar-refractivity contribution in [2.75, 3.05) is 5.32 Å². The molecule has 25 heavy (non-hydrogen) atoms. The van der Waals surface area contributed by atoms with Gasteiger partial charge in [-0.05, 0) is 19.1 Å². The standard InChI is InChI=1S/C17H14N6O2/c1-9-13-7-10(8-18-15(13)23(2)22-9)19-17(25)14-11-5-3-4-6-12(11)16(24)21-20-14/h3-8H,1-2H3,(H,19,25)(H,21,24). The number of aryl methyl sites for hydroxylation is 2. The lowest BCUT2D eigenvalue weighted by Crippen LogP contribution is -2.19. The first-order valence-corrected chi connectivity index (χ1v) is 7.63. The van der Waals surface area contributed by atoms with E-state index in [4.69, 9.17) is 0 Å². The molecule has 1 aromatic carbocycles. The van der Waals surface area contributed by atoms with Crippen LogP contribution in [0.25, 0.3) is 21.8 Å². The fourth-order valence-corrected chi connectivity index (χ4v) is 2.85. The van der Waals surface area contributed by atoms with E-state index in [1.807, 2.05) is 20.0 Å². The van der Waals surface area contributed by atoms with E-state index >= 15 is 0 Å². The zero-order valence-electron chi connectivity index (χ0n) is 13.6. The van der Waals surface area contributed by atoms with Crippen molar-refractivity contribution in [2.45, 2.75) is 6.92 Å². The third-order valence-corrected chi connectivity index (χ3v) is 4.03. The molecule has 0 bridgehead atoms. The Morgan fingerprint density at radius 1 is 1.20 bits per heavy atom. The molecule has 3 heterocycles. The Labute approximate surface area is 141 Å². The Morgan fingerprint density at radius 3 is 2.76 bits per heavy atom. The monoisotopic (exact) mass is 334 g/mol. The minimum atomic E-state index is -0.421. The van der Waals surface area contributed by atoms with E-state index in [2.05, 4.69) is 25.6 Å². The lowest BCUT2D eigenvalue weighted by atomic mass is 10.1. The van der Waals surface area contributed by atoms with Gasteiger partial charge in [0.05, 0.1) is 23.0 Å². The SMILES string of the molecule is Cc1nn(C)c2ncc(NC(=O)c3n[nH]c(=O)c4ccccc34)cc12. The van der Waals surface area contributed by atoms with Crippen LogP contribution in [0, 0.1) is 6.92 Å². The molecule has 3 aromatic heterocycles. The number of aromatic amines is 1. The Kier molecular flexibility index (Phi) is 3.31. The molecule has 0 aliphatic rings. The highest BCUT2D eigenvalue weighted by Gasteiger charge is 2.15. The summed E-state index contributed by atoms with van der Waals surface area (Å²) in [4.78, 5) is 28.8. The van der Waals surface area contributed by atoms with Crippen molar-refractivity contribution in [3.63, 3.8) is 0 Å². The van der Waals surface area contributed by atoms with Crippen LogP contribution in [0.4, 0.5) is 5.69 Å². The molecule has 0 aliphatic heterocycles. The highest BCUT2D eigenvalue weighted by molar-refractivity contribution is 6.11. The van der Waals surface area contributed by atoms with Crippen LogP contribution in [0.15, 0.2) is 41.3 Å². The minimum Gasteiger partial charge on any atom is -0.319 e. The van der Waals surface area contributed by atoms with Gasteiger partial charge < -0.3 is 5.32 Å². The van der Waals surface area contributed by atoms with Crippen molar-refractivity contribution in [3.05, 3.63) is 58.3 Å². The maximum atomic E-state index is 12.6. The van der Waals surface area contributed by atoms with E-state index in [1.165, 1.54) is 0 Å². The van der Waals surface area contributed by atoms with Gasteiger partial charge in [-0.3, -0.25) is 14.3 Å². The number of pyridine rings is 1. The average Bonchev–Trinajstić information content (AvgIpc) is 2.89. The van der Waals surface area contributed by atoms with Gasteiger partial charge in [-0.1, -0.05) is 18.2 Å². The van der Waals surface area contributed by atoms with Gasteiger partial charge in [0, 0.05) is 17.8 Å². The molecule has 0 unspecified atom stereocenters. The van der Waals surface area contributed by atoms with Crippen LogP contribution in [-0.2, 0) is 7.05 Å². The third kappa shape index (κ3) is 2.44. The fourth-order valence-electron chi connectivity index (χ4n) is 2.85. The normalized spacial score (nSPS) is 11.1. The van der Waals surface area contributed by atoms with Crippen molar-refractivity contribution in [2.24, 2.45) is 7.05 Å². The summed E-state index contributed by atoms with van der Waals surface area (Å²) in [5.74, 6) is -0.421. The molecule has 0 spiro atoms. The highest BCUT2D eigenvalue weighted by Crippen LogP contribution is 2.20. The summed E-state index contributed by atoms with van der Waals surface area (Å²) in [7, 11) is 1.82. The van der Waals surface area contributed by atoms with Crippen molar-refractivity contribution < 1.29 is 4.79 Å². The van der Waals surface area contributed by atoms with E-state index in [-0.39, 0.29) is 11.3 Å². The molecule has 4 rings (SSSR count). The zero-order chi connectivity index (χ0) is 17.6. The highest BCUT2D eigenvalue weighted by atomic mass is 16.2. The van der Waals surface area contributed by atoms with Gasteiger partial charge in [0.25, 0.3) is 11.5 Å². The van der Waals surface area contributed by atoms with E-state index in [9.17, 15) is 9.59 Å². The summed E-state index contributed by atoms with van der Waals surface area (Å²) in [5, 5.41) is 15.1. The number of anilines is 1. The Balaban J connectivity index is 1.75. The number of rotatable bonds is 2. The lowest BCUT2D eigenvalue weighted by molar-refractivity contribution is 0.102. The van der Waals surface area contributed by atoms with Gasteiger partial charge >= 0.3 is 0 Å². The molecule has 124 valence electrons. The second-order valence-electron chi connectivity index (χ2n) is 5.71. The molecule has 0 atom stereocenters. The van der Waals surface area contributed by atoms with Crippen LogP contribution in [0.5, 0.6) is 0 Å². The molecule has 0 saturated carbocycles. The van der Waals surface area contributed by atoms with Crippen molar-refractivity contribution >= 4 is 33.4 Å². The molecular weight excluding hydrogens is 320 g/mol. The summed E-state index contributed by atoms with van der Waals surface area (Å²) in [5.41, 5.74) is 1.92. The topological polar surface area (TPSA) is 106 Å². The van der Waals surface area contributed by atoms with Gasteiger partial charge in [-0.25, -0.2) is 10.1 Å². The van der Waals surface area contributed by atoms with Crippen LogP contribution in [0.3, 0.4) is 0 Å². The zero-order valence-corrected chi connectivity index (χ0v) is 13.6. The molecular formula is C17H14N6O2. The molecule has 2 N–H and O–H groups in total. The number of carbonyl (C=O) groups is 1. The van der Waals surface area contributed by atoms with E-state index < -0.39 is 5.91 Å². The molecule has 8 heteroatoms. The number of hydrogen-bond donors (Lipinski definition) is 2.